The van der Waals surface area contributed by atoms with Crippen LogP contribution in [0.2, 0.25) is 0 Å². The number of hydrogen-bond donors (Lipinski definition) is 2. The van der Waals surface area contributed by atoms with Crippen LogP contribution in [0.4, 0.5) is 20.2 Å². The second kappa shape index (κ2) is 9.34. The van der Waals surface area contributed by atoms with Gasteiger partial charge in [-0.25, -0.2) is 0 Å². The number of anilines is 2. The van der Waals surface area contributed by atoms with Crippen molar-refractivity contribution in [1.29, 1.82) is 0 Å². The first-order valence-corrected chi connectivity index (χ1v) is 12.2. The molecule has 3 atom stereocenters. The Labute approximate surface area is 210 Å². The fourth-order valence-corrected chi connectivity index (χ4v) is 5.90. The second-order valence-electron chi connectivity index (χ2n) is 8.90. The predicted molar refractivity (Wildman–Crippen MR) is 131 cm³/mol. The van der Waals surface area contributed by atoms with Gasteiger partial charge in [0.1, 0.15) is 5.75 Å². The maximum Gasteiger partial charge on any atom is 0.487 e. The quantitative estimate of drug-likeness (QED) is 0.438. The van der Waals surface area contributed by atoms with Crippen LogP contribution in [0.25, 0.3) is 0 Å². The maximum absolute atomic E-state index is 13.0. The third-order valence-corrected chi connectivity index (χ3v) is 6.92. The van der Waals surface area contributed by atoms with Crippen molar-refractivity contribution >= 4 is 50.7 Å². The summed E-state index contributed by atoms with van der Waals surface area (Å²) in [4.78, 5) is 27.1. The van der Waals surface area contributed by atoms with Crippen molar-refractivity contribution in [3.05, 3.63) is 52.0 Å². The lowest BCUT2D eigenvalue weighted by Gasteiger charge is -2.35. The van der Waals surface area contributed by atoms with Crippen molar-refractivity contribution in [2.75, 3.05) is 10.2 Å². The monoisotopic (exact) mass is 555 g/mol. The van der Waals surface area contributed by atoms with Gasteiger partial charge in [0.05, 0.1) is 11.7 Å². The van der Waals surface area contributed by atoms with E-state index in [1.807, 2.05) is 6.07 Å². The summed E-state index contributed by atoms with van der Waals surface area (Å²) in [5.41, 5.74) is -0.757. The number of alkyl halides is 3. The largest absolute Gasteiger partial charge is 0.487 e. The smallest absolute Gasteiger partial charge is 0.420 e. The van der Waals surface area contributed by atoms with Gasteiger partial charge in [0.2, 0.25) is 5.91 Å². The Balaban J connectivity index is 1.58. The molecule has 10 heteroatoms. The van der Waals surface area contributed by atoms with E-state index in [4.69, 9.17) is 11.6 Å². The Bertz CT molecular complexity index is 1110. The van der Waals surface area contributed by atoms with Gasteiger partial charge in [0.25, 0.3) is 5.91 Å². The van der Waals surface area contributed by atoms with Gasteiger partial charge in [0.15, 0.2) is 0 Å². The summed E-state index contributed by atoms with van der Waals surface area (Å²) in [7, 11) is 0. The number of ether oxygens (including phenoxy) is 1. The van der Waals surface area contributed by atoms with Gasteiger partial charge in [-0.3, -0.25) is 9.59 Å². The predicted octanol–water partition coefficient (Wildman–Crippen LogP) is 5.85. The molecule has 1 fully saturated rings. The van der Waals surface area contributed by atoms with Crippen LogP contribution in [0.15, 0.2) is 40.9 Å². The summed E-state index contributed by atoms with van der Waals surface area (Å²) in [6, 6.07) is 9.60. The summed E-state index contributed by atoms with van der Waals surface area (Å²) in [5.74, 6) is -0.286. The van der Waals surface area contributed by atoms with Gasteiger partial charge < -0.3 is 20.3 Å². The number of nitrogens with zero attached hydrogens (tertiary/aromatic N) is 1. The molecule has 34 heavy (non-hydrogen) atoms. The van der Waals surface area contributed by atoms with E-state index in [2.05, 4.69) is 50.0 Å². The van der Waals surface area contributed by atoms with Crippen molar-refractivity contribution in [3.63, 3.8) is 0 Å². The molecule has 3 unspecified atom stereocenters. The highest BCUT2D eigenvalue weighted by Gasteiger charge is 2.49. The number of benzene rings is 2. The highest BCUT2D eigenvalue weighted by atomic mass is 79.9. The minimum absolute atomic E-state index is 0.0441. The average Bonchev–Trinajstić information content (AvgIpc) is 3.27. The minimum atomic E-state index is -3.80. The number of halogens is 4. The first-order chi connectivity index (χ1) is 15.9. The number of nitrogens with one attached hydrogen (secondary N) is 2. The van der Waals surface area contributed by atoms with E-state index >= 15 is 0 Å². The Kier molecular flexibility index (Phi) is 6.79. The van der Waals surface area contributed by atoms with Gasteiger partial charge in [-0.1, -0.05) is 0 Å². The number of carbonyl (C=O) groups excluding carboxylic acids is 2. The van der Waals surface area contributed by atoms with Gasteiger partial charge >= 0.3 is 5.57 Å². The maximum atomic E-state index is 13.0. The molecule has 2 aliphatic rings. The number of carbonyl (C=O) groups is 2. The highest BCUT2D eigenvalue weighted by molar-refractivity contribution is 9.10. The summed E-state index contributed by atoms with van der Waals surface area (Å²) in [5, 5.41) is 5.89. The van der Waals surface area contributed by atoms with Crippen molar-refractivity contribution < 1.29 is 23.1 Å². The van der Waals surface area contributed by atoms with Gasteiger partial charge in [-0.15, -0.1) is 8.78 Å². The molecule has 1 heterocycles. The molecule has 2 amide bonds. The lowest BCUT2D eigenvalue weighted by Crippen LogP contribution is -2.50. The average molecular weight is 557 g/mol. The lowest BCUT2D eigenvalue weighted by atomic mass is 9.95. The summed E-state index contributed by atoms with van der Waals surface area (Å²) < 4.78 is 30.7. The van der Waals surface area contributed by atoms with Gasteiger partial charge in [-0.05, 0) is 84.6 Å². The molecular weight excluding hydrogens is 532 g/mol. The van der Waals surface area contributed by atoms with Crippen LogP contribution in [-0.2, 0) is 4.79 Å². The first kappa shape index (κ1) is 24.7. The SMILES string of the molecule is CC(=O)NC1CCC2c3cc(C(=O)Nc4ccc(OC(F)(F)Cl)cc4)cc(Br)c3N(C(C)C)C12. The van der Waals surface area contributed by atoms with E-state index in [9.17, 15) is 18.4 Å². The molecule has 0 saturated heterocycles. The molecule has 6 nitrogen and oxygen atoms in total. The number of fused-ring (bicyclic) bond motifs is 3. The molecule has 1 saturated carbocycles. The molecule has 2 aromatic rings. The Morgan fingerprint density at radius 3 is 2.47 bits per heavy atom. The van der Waals surface area contributed by atoms with Crippen molar-refractivity contribution in [2.24, 2.45) is 0 Å². The van der Waals surface area contributed by atoms with Crippen LogP contribution in [-0.4, -0.2) is 35.5 Å². The minimum Gasteiger partial charge on any atom is -0.420 e. The first-order valence-electron chi connectivity index (χ1n) is 11.0. The fraction of sp³-hybridized carbons (Fsp3) is 0.417. The van der Waals surface area contributed by atoms with Crippen LogP contribution in [0.3, 0.4) is 0 Å². The van der Waals surface area contributed by atoms with Crippen LogP contribution in [0.5, 0.6) is 5.75 Å². The van der Waals surface area contributed by atoms with Crippen molar-refractivity contribution in [3.8, 4) is 5.75 Å². The highest BCUT2D eigenvalue weighted by Crippen LogP contribution is 2.53. The normalized spacial score (nSPS) is 21.3. The summed E-state index contributed by atoms with van der Waals surface area (Å²) in [6.45, 7) is 5.78. The van der Waals surface area contributed by atoms with E-state index in [0.29, 0.717) is 11.3 Å². The third kappa shape index (κ3) is 5.00. The van der Waals surface area contributed by atoms with Crippen LogP contribution < -0.4 is 20.3 Å². The van der Waals surface area contributed by atoms with Crippen LogP contribution in [0.1, 0.15) is 55.5 Å². The van der Waals surface area contributed by atoms with E-state index in [-0.39, 0.29) is 41.6 Å². The molecule has 2 aromatic carbocycles. The Hall–Kier alpha value is -2.39. The summed E-state index contributed by atoms with van der Waals surface area (Å²) in [6.07, 6.45) is 1.79. The van der Waals surface area contributed by atoms with E-state index in [0.717, 1.165) is 28.6 Å². The molecule has 0 radical (unpaired) electrons. The Morgan fingerprint density at radius 2 is 1.88 bits per heavy atom. The molecule has 4 rings (SSSR count). The molecule has 1 aliphatic carbocycles. The molecule has 182 valence electrons. The van der Waals surface area contributed by atoms with Gasteiger partial charge in [-0.2, -0.15) is 0 Å². The van der Waals surface area contributed by atoms with E-state index < -0.39 is 5.57 Å². The lowest BCUT2D eigenvalue weighted by molar-refractivity contribution is -0.119. The van der Waals surface area contributed by atoms with Gasteiger partial charge in [0, 0.05) is 52.2 Å². The molecular formula is C24H25BrClF2N3O3. The standard InChI is InChI=1S/C24H25BrClF2N3O3/c1-12(2)31-21-18(17-8-9-20(22(17)31)29-13(3)32)10-14(11-19(21)25)23(33)30-15-4-6-16(7-5-15)34-24(26,27)28/h4-7,10-12,17,20,22H,8-9H2,1-3H3,(H,29,32)(H,30,33). The second-order valence-corrected chi connectivity index (χ2v) is 10.2. The molecule has 1 aliphatic heterocycles. The summed E-state index contributed by atoms with van der Waals surface area (Å²) >= 11 is 8.45. The topological polar surface area (TPSA) is 70.7 Å². The van der Waals surface area contributed by atoms with E-state index in [1.54, 1.807) is 6.07 Å². The van der Waals surface area contributed by atoms with Crippen LogP contribution in [0, 0.1) is 0 Å². The fourth-order valence-electron chi connectivity index (χ4n) is 5.13. The Morgan fingerprint density at radius 1 is 1.21 bits per heavy atom. The molecule has 0 bridgehead atoms. The molecule has 0 aromatic heterocycles. The zero-order chi connectivity index (χ0) is 24.8. The number of hydrogen-bond acceptors (Lipinski definition) is 4. The number of amides is 2. The van der Waals surface area contributed by atoms with Crippen molar-refractivity contribution in [2.45, 2.75) is 63.2 Å². The zero-order valence-corrected chi connectivity index (χ0v) is 21.2. The molecule has 0 spiro atoms. The third-order valence-electron chi connectivity index (χ3n) is 6.24. The number of rotatable bonds is 6. The molecule has 2 N–H and O–H groups in total. The zero-order valence-electron chi connectivity index (χ0n) is 18.9. The van der Waals surface area contributed by atoms with Crippen LogP contribution >= 0.6 is 27.5 Å². The van der Waals surface area contributed by atoms with Crippen molar-refractivity contribution in [1.82, 2.24) is 5.32 Å². The van der Waals surface area contributed by atoms with E-state index in [1.165, 1.54) is 31.2 Å².